The van der Waals surface area contributed by atoms with Crippen LogP contribution in [0.1, 0.15) is 35.8 Å². The minimum atomic E-state index is -0.796. The molecule has 5 atom stereocenters. The number of para-hydroxylation sites is 1. The molecule has 4 saturated heterocycles. The van der Waals surface area contributed by atoms with Gasteiger partial charge in [0.1, 0.15) is 22.7 Å². The highest BCUT2D eigenvalue weighted by molar-refractivity contribution is 7.05. The van der Waals surface area contributed by atoms with Crippen molar-refractivity contribution in [1.82, 2.24) is 23.7 Å². The monoisotopic (exact) mass is 487 g/mol. The number of rotatable bonds is 5. The maximum atomic E-state index is 12.0. The first kappa shape index (κ1) is 21.5. The van der Waals surface area contributed by atoms with Crippen molar-refractivity contribution >= 4 is 40.0 Å². The quantitative estimate of drug-likeness (QED) is 0.552. The Morgan fingerprint density at radius 2 is 1.94 bits per heavy atom. The highest BCUT2D eigenvalue weighted by Crippen LogP contribution is 2.40. The Balaban J connectivity index is 1.21. The standard InChI is InChI=1S/C23H26ClN5O3S/c24-18-12-14(13-29-6-5-15-3-1-2-4-16(15)29)11-17(32-18)21-25-22(33-26-21)19-20(23(30)31)28-9-7-27(19)8-10-28/h1-6,14,17-20H,7-13H2,(H,30,31). The zero-order valence-electron chi connectivity index (χ0n) is 18.1. The number of nitrogens with zero attached hydrogens (tertiary/aromatic N) is 5. The molecule has 7 rings (SSSR count). The van der Waals surface area contributed by atoms with Crippen LogP contribution in [0.4, 0.5) is 0 Å². The van der Waals surface area contributed by atoms with E-state index < -0.39 is 17.6 Å². The number of aliphatic carboxylic acids is 1. The lowest BCUT2D eigenvalue weighted by molar-refractivity contribution is -0.154. The van der Waals surface area contributed by atoms with E-state index in [0.717, 1.165) is 50.6 Å². The Morgan fingerprint density at radius 1 is 1.15 bits per heavy atom. The average molecular weight is 488 g/mol. The lowest BCUT2D eigenvalue weighted by Crippen LogP contribution is -2.64. The van der Waals surface area contributed by atoms with Crippen molar-refractivity contribution in [1.29, 1.82) is 0 Å². The number of fused-ring (bicyclic) bond motifs is 4. The van der Waals surface area contributed by atoms with Crippen LogP contribution >= 0.6 is 23.1 Å². The van der Waals surface area contributed by atoms with E-state index in [-0.39, 0.29) is 12.1 Å². The van der Waals surface area contributed by atoms with Gasteiger partial charge in [-0.3, -0.25) is 14.6 Å². The summed E-state index contributed by atoms with van der Waals surface area (Å²) in [6.45, 7) is 4.16. The fourth-order valence-electron chi connectivity index (χ4n) is 5.62. The third-order valence-corrected chi connectivity index (χ3v) is 8.28. The van der Waals surface area contributed by atoms with Gasteiger partial charge in [-0.2, -0.15) is 4.37 Å². The molecule has 0 saturated carbocycles. The molecule has 1 N–H and O–H groups in total. The van der Waals surface area contributed by atoms with Gasteiger partial charge in [0.15, 0.2) is 5.82 Å². The van der Waals surface area contributed by atoms with E-state index in [9.17, 15) is 9.90 Å². The lowest BCUT2D eigenvalue weighted by Gasteiger charge is -2.50. The van der Waals surface area contributed by atoms with E-state index in [1.807, 2.05) is 0 Å². The molecule has 174 valence electrons. The molecule has 2 aromatic heterocycles. The number of halogens is 1. The van der Waals surface area contributed by atoms with Crippen LogP contribution in [0.2, 0.25) is 0 Å². The van der Waals surface area contributed by atoms with Gasteiger partial charge in [0, 0.05) is 44.4 Å². The van der Waals surface area contributed by atoms with Crippen LogP contribution < -0.4 is 0 Å². The number of carboxylic acids is 1. The molecule has 0 spiro atoms. The minimum absolute atomic E-state index is 0.256. The van der Waals surface area contributed by atoms with Crippen molar-refractivity contribution < 1.29 is 14.6 Å². The van der Waals surface area contributed by atoms with Crippen molar-refractivity contribution in [2.24, 2.45) is 5.92 Å². The molecule has 10 heteroatoms. The van der Waals surface area contributed by atoms with Crippen LogP contribution in [0.5, 0.6) is 0 Å². The zero-order valence-corrected chi connectivity index (χ0v) is 19.7. The second kappa shape index (κ2) is 8.63. The Kier molecular flexibility index (Phi) is 5.62. The van der Waals surface area contributed by atoms with Crippen molar-refractivity contribution in [2.75, 3.05) is 26.2 Å². The van der Waals surface area contributed by atoms with E-state index >= 15 is 0 Å². The summed E-state index contributed by atoms with van der Waals surface area (Å²) in [5.41, 5.74) is 0.826. The molecular formula is C23H26ClN5O3S. The van der Waals surface area contributed by atoms with E-state index in [1.54, 1.807) is 0 Å². The van der Waals surface area contributed by atoms with Crippen molar-refractivity contribution in [3.63, 3.8) is 0 Å². The molecule has 8 nitrogen and oxygen atoms in total. The highest BCUT2D eigenvalue weighted by Gasteiger charge is 2.47. The summed E-state index contributed by atoms with van der Waals surface area (Å²) in [4.78, 5) is 21.1. The Hall–Kier alpha value is -2.04. The molecule has 3 aromatic rings. The highest BCUT2D eigenvalue weighted by atomic mass is 35.5. The Morgan fingerprint density at radius 3 is 2.76 bits per heavy atom. The molecule has 0 amide bonds. The van der Waals surface area contributed by atoms with Crippen LogP contribution in [0.3, 0.4) is 0 Å². The summed E-state index contributed by atoms with van der Waals surface area (Å²) >= 11 is 7.81. The van der Waals surface area contributed by atoms with Gasteiger partial charge in [-0.05, 0) is 47.8 Å². The second-order valence-corrected chi connectivity index (χ2v) is 10.5. The van der Waals surface area contributed by atoms with Crippen molar-refractivity contribution in [2.45, 2.75) is 43.1 Å². The Labute approximate surface area is 200 Å². The van der Waals surface area contributed by atoms with E-state index in [0.29, 0.717) is 11.7 Å². The molecule has 5 unspecified atom stereocenters. The molecule has 2 bridgehead atoms. The molecule has 6 heterocycles. The summed E-state index contributed by atoms with van der Waals surface area (Å²) in [5.74, 6) is 0.167. The van der Waals surface area contributed by atoms with Crippen molar-refractivity contribution in [3.8, 4) is 0 Å². The van der Waals surface area contributed by atoms with Crippen LogP contribution in [-0.4, -0.2) is 72.6 Å². The summed E-state index contributed by atoms with van der Waals surface area (Å²) in [7, 11) is 0. The average Bonchev–Trinajstić information content (AvgIpc) is 3.47. The van der Waals surface area contributed by atoms with Crippen LogP contribution in [0, 0.1) is 5.92 Å². The number of piperazine rings is 3. The SMILES string of the molecule is O=C(O)C1C(c2nc(C3CC(Cn4ccc5ccccc54)CC(Cl)O3)ns2)N2CCN1CC2. The molecule has 33 heavy (non-hydrogen) atoms. The smallest absolute Gasteiger partial charge is 0.323 e. The molecule has 4 fully saturated rings. The van der Waals surface area contributed by atoms with Gasteiger partial charge in [0.25, 0.3) is 0 Å². The number of hydrogen-bond acceptors (Lipinski definition) is 7. The summed E-state index contributed by atoms with van der Waals surface area (Å²) in [6.07, 6.45) is 3.41. The number of aromatic nitrogens is 3. The Bertz CT molecular complexity index is 1160. The first-order valence-corrected chi connectivity index (χ1v) is 12.7. The van der Waals surface area contributed by atoms with Gasteiger partial charge in [-0.15, -0.1) is 0 Å². The number of hydrogen-bond donors (Lipinski definition) is 1. The minimum Gasteiger partial charge on any atom is -0.480 e. The lowest BCUT2D eigenvalue weighted by atomic mass is 9.94. The number of ether oxygens (including phenoxy) is 1. The summed E-state index contributed by atoms with van der Waals surface area (Å²) in [6, 6.07) is 9.69. The van der Waals surface area contributed by atoms with Crippen molar-refractivity contribution in [3.05, 3.63) is 47.4 Å². The topological polar surface area (TPSA) is 83.7 Å². The van der Waals surface area contributed by atoms with Crippen LogP contribution in [0.25, 0.3) is 10.9 Å². The molecular weight excluding hydrogens is 462 g/mol. The number of alkyl halides is 1. The number of carbonyl (C=O) groups is 1. The van der Waals surface area contributed by atoms with Gasteiger partial charge < -0.3 is 14.4 Å². The van der Waals surface area contributed by atoms with E-state index in [2.05, 4.69) is 55.3 Å². The maximum absolute atomic E-state index is 12.0. The molecule has 4 aliphatic rings. The normalized spacial score (nSPS) is 34.0. The molecule has 0 aliphatic carbocycles. The van der Waals surface area contributed by atoms with E-state index in [4.69, 9.17) is 21.3 Å². The largest absolute Gasteiger partial charge is 0.480 e. The molecule has 4 aliphatic heterocycles. The first-order valence-electron chi connectivity index (χ1n) is 11.4. The predicted octanol–water partition coefficient (Wildman–Crippen LogP) is 3.35. The predicted molar refractivity (Wildman–Crippen MR) is 125 cm³/mol. The van der Waals surface area contributed by atoms with E-state index in [1.165, 1.54) is 22.4 Å². The fraction of sp³-hybridized carbons (Fsp3) is 0.522. The second-order valence-electron chi connectivity index (χ2n) is 9.19. The van der Waals surface area contributed by atoms with Gasteiger partial charge >= 0.3 is 5.97 Å². The fourth-order valence-corrected chi connectivity index (χ4v) is 6.86. The van der Waals surface area contributed by atoms with Gasteiger partial charge in [0.2, 0.25) is 0 Å². The van der Waals surface area contributed by atoms with Crippen LogP contribution in [-0.2, 0) is 16.1 Å². The van der Waals surface area contributed by atoms with Gasteiger partial charge in [0.05, 0.1) is 6.04 Å². The number of carboxylic acid groups (broad SMARTS) is 1. The third-order valence-electron chi connectivity index (χ3n) is 7.20. The summed E-state index contributed by atoms with van der Waals surface area (Å²) in [5, 5.41) is 11.8. The third kappa shape index (κ3) is 3.95. The molecule has 1 aromatic carbocycles. The van der Waals surface area contributed by atoms with Gasteiger partial charge in [-0.25, -0.2) is 4.98 Å². The molecule has 0 radical (unpaired) electrons. The van der Waals surface area contributed by atoms with Crippen LogP contribution in [0.15, 0.2) is 36.5 Å². The zero-order chi connectivity index (χ0) is 22.5. The van der Waals surface area contributed by atoms with Gasteiger partial charge in [-0.1, -0.05) is 29.8 Å². The maximum Gasteiger partial charge on any atom is 0.323 e. The summed E-state index contributed by atoms with van der Waals surface area (Å²) < 4.78 is 12.9. The first-order chi connectivity index (χ1) is 16.1. The number of benzene rings is 1.